The quantitative estimate of drug-likeness (QED) is 0.847. The van der Waals surface area contributed by atoms with Crippen LogP contribution >= 0.6 is 23.2 Å². The molecule has 1 aliphatic carbocycles. The van der Waals surface area contributed by atoms with E-state index in [-0.39, 0.29) is 23.6 Å². The number of benzene rings is 1. The minimum Gasteiger partial charge on any atom is -0.481 e. The first-order valence-corrected chi connectivity index (χ1v) is 8.74. The number of hydrogen-bond donors (Lipinski definition) is 2. The zero-order valence-electron chi connectivity index (χ0n) is 13.3. The number of carboxylic acid groups (broad SMARTS) is 1. The Bertz CT molecular complexity index is 798. The van der Waals surface area contributed by atoms with Gasteiger partial charge in [0.1, 0.15) is 0 Å². The predicted octanol–water partition coefficient (Wildman–Crippen LogP) is 3.55. The molecule has 2 aromatic rings. The maximum Gasteiger partial charge on any atom is 0.306 e. The molecule has 0 saturated heterocycles. The van der Waals surface area contributed by atoms with E-state index in [2.05, 4.69) is 10.4 Å². The standard InChI is InChI=1S/C17H17Cl2N3O3/c18-11-3-6-15(13(19)9-11)22-8-7-14(21-22)16(23)20-12-4-1-10(2-5-12)17(24)25/h3,6-10,12H,1-2,4-5H2,(H,20,23)(H,24,25). The molecule has 1 aromatic heterocycles. The number of aromatic nitrogens is 2. The lowest BCUT2D eigenvalue weighted by atomic mass is 9.86. The van der Waals surface area contributed by atoms with Gasteiger partial charge in [-0.25, -0.2) is 4.68 Å². The molecular weight excluding hydrogens is 365 g/mol. The highest BCUT2D eigenvalue weighted by Gasteiger charge is 2.27. The predicted molar refractivity (Wildman–Crippen MR) is 94.4 cm³/mol. The molecule has 0 unspecified atom stereocenters. The van der Waals surface area contributed by atoms with Crippen LogP contribution in [0.4, 0.5) is 0 Å². The molecule has 6 nitrogen and oxygen atoms in total. The van der Waals surface area contributed by atoms with Crippen molar-refractivity contribution < 1.29 is 14.7 Å². The third kappa shape index (κ3) is 4.14. The zero-order valence-corrected chi connectivity index (χ0v) is 14.8. The van der Waals surface area contributed by atoms with Crippen molar-refractivity contribution in [1.82, 2.24) is 15.1 Å². The van der Waals surface area contributed by atoms with Crippen LogP contribution in [0.2, 0.25) is 10.0 Å². The van der Waals surface area contributed by atoms with E-state index >= 15 is 0 Å². The molecule has 0 bridgehead atoms. The number of carbonyl (C=O) groups is 2. The summed E-state index contributed by atoms with van der Waals surface area (Å²) in [6.45, 7) is 0. The normalized spacial score (nSPS) is 20.2. The first-order chi connectivity index (χ1) is 11.9. The van der Waals surface area contributed by atoms with Crippen molar-refractivity contribution in [1.29, 1.82) is 0 Å². The van der Waals surface area contributed by atoms with Crippen LogP contribution in [0.3, 0.4) is 0 Å². The van der Waals surface area contributed by atoms with Gasteiger partial charge in [-0.15, -0.1) is 0 Å². The molecule has 0 atom stereocenters. The third-order valence-electron chi connectivity index (χ3n) is 4.39. The molecule has 1 saturated carbocycles. The topological polar surface area (TPSA) is 84.2 Å². The van der Waals surface area contributed by atoms with Crippen LogP contribution in [0.15, 0.2) is 30.5 Å². The van der Waals surface area contributed by atoms with E-state index in [0.717, 1.165) is 0 Å². The number of hydrogen-bond acceptors (Lipinski definition) is 3. The summed E-state index contributed by atoms with van der Waals surface area (Å²) in [5, 5.41) is 17.2. The Morgan fingerprint density at radius 1 is 1.16 bits per heavy atom. The Morgan fingerprint density at radius 3 is 2.52 bits per heavy atom. The van der Waals surface area contributed by atoms with Gasteiger partial charge in [-0.2, -0.15) is 5.10 Å². The maximum absolute atomic E-state index is 12.4. The van der Waals surface area contributed by atoms with E-state index in [0.29, 0.717) is 41.4 Å². The maximum atomic E-state index is 12.4. The van der Waals surface area contributed by atoms with Crippen LogP contribution in [0.25, 0.3) is 5.69 Å². The van der Waals surface area contributed by atoms with E-state index in [1.54, 1.807) is 30.5 Å². The highest BCUT2D eigenvalue weighted by Crippen LogP contribution is 2.25. The number of nitrogens with one attached hydrogen (secondary N) is 1. The number of nitrogens with zero attached hydrogens (tertiary/aromatic N) is 2. The van der Waals surface area contributed by atoms with Gasteiger partial charge in [-0.05, 0) is 49.9 Å². The van der Waals surface area contributed by atoms with Gasteiger partial charge in [0.15, 0.2) is 5.69 Å². The van der Waals surface area contributed by atoms with Crippen LogP contribution in [0.5, 0.6) is 0 Å². The smallest absolute Gasteiger partial charge is 0.306 e. The van der Waals surface area contributed by atoms with Crippen LogP contribution in [0, 0.1) is 5.92 Å². The summed E-state index contributed by atoms with van der Waals surface area (Å²) in [4.78, 5) is 23.3. The lowest BCUT2D eigenvalue weighted by molar-refractivity contribution is -0.142. The van der Waals surface area contributed by atoms with Crippen LogP contribution in [-0.2, 0) is 4.79 Å². The summed E-state index contributed by atoms with van der Waals surface area (Å²) >= 11 is 12.0. The Hall–Kier alpha value is -2.05. The van der Waals surface area contributed by atoms with Gasteiger partial charge in [0.25, 0.3) is 5.91 Å². The molecule has 1 fully saturated rings. The number of carboxylic acids is 1. The molecule has 132 valence electrons. The Labute approximate surface area is 154 Å². The van der Waals surface area contributed by atoms with Crippen molar-refractivity contribution in [3.05, 3.63) is 46.2 Å². The van der Waals surface area contributed by atoms with E-state index in [4.69, 9.17) is 28.3 Å². The third-order valence-corrected chi connectivity index (χ3v) is 4.93. The fraction of sp³-hybridized carbons (Fsp3) is 0.353. The fourth-order valence-corrected chi connectivity index (χ4v) is 3.49. The van der Waals surface area contributed by atoms with E-state index < -0.39 is 5.97 Å². The van der Waals surface area contributed by atoms with Crippen LogP contribution < -0.4 is 5.32 Å². The summed E-state index contributed by atoms with van der Waals surface area (Å²) in [7, 11) is 0. The number of aliphatic carboxylic acids is 1. The largest absolute Gasteiger partial charge is 0.481 e. The van der Waals surface area contributed by atoms with Crippen LogP contribution in [-0.4, -0.2) is 32.8 Å². The van der Waals surface area contributed by atoms with Gasteiger partial charge in [-0.1, -0.05) is 23.2 Å². The first-order valence-electron chi connectivity index (χ1n) is 7.99. The molecule has 1 aromatic carbocycles. The summed E-state index contributed by atoms with van der Waals surface area (Å²) in [5.41, 5.74) is 0.915. The van der Waals surface area contributed by atoms with Crippen molar-refractivity contribution >= 4 is 35.1 Å². The average Bonchev–Trinajstić information content (AvgIpc) is 3.05. The Morgan fingerprint density at radius 2 is 1.88 bits per heavy atom. The summed E-state index contributed by atoms with van der Waals surface area (Å²) in [6, 6.07) is 6.63. The monoisotopic (exact) mass is 381 g/mol. The van der Waals surface area contributed by atoms with Gasteiger partial charge in [0.05, 0.1) is 16.6 Å². The minimum absolute atomic E-state index is 0.0210. The molecule has 3 rings (SSSR count). The second-order valence-electron chi connectivity index (χ2n) is 6.10. The van der Waals surface area contributed by atoms with Gasteiger partial charge in [-0.3, -0.25) is 9.59 Å². The number of amides is 1. The molecule has 0 spiro atoms. The highest BCUT2D eigenvalue weighted by atomic mass is 35.5. The van der Waals surface area contributed by atoms with E-state index in [1.807, 2.05) is 0 Å². The number of halogens is 2. The van der Waals surface area contributed by atoms with Crippen molar-refractivity contribution in [2.75, 3.05) is 0 Å². The lowest BCUT2D eigenvalue weighted by Gasteiger charge is -2.26. The molecule has 0 radical (unpaired) electrons. The summed E-state index contributed by atoms with van der Waals surface area (Å²) in [5.74, 6) is -1.34. The van der Waals surface area contributed by atoms with Crippen molar-refractivity contribution in [3.8, 4) is 5.69 Å². The number of rotatable bonds is 4. The zero-order chi connectivity index (χ0) is 18.0. The van der Waals surface area contributed by atoms with Gasteiger partial charge < -0.3 is 10.4 Å². The van der Waals surface area contributed by atoms with Gasteiger partial charge >= 0.3 is 5.97 Å². The second-order valence-corrected chi connectivity index (χ2v) is 6.95. The van der Waals surface area contributed by atoms with Gasteiger partial charge in [0, 0.05) is 17.3 Å². The average molecular weight is 382 g/mol. The second kappa shape index (κ2) is 7.45. The van der Waals surface area contributed by atoms with Gasteiger partial charge in [0.2, 0.25) is 0 Å². The molecule has 25 heavy (non-hydrogen) atoms. The molecule has 1 aliphatic rings. The van der Waals surface area contributed by atoms with Crippen LogP contribution in [0.1, 0.15) is 36.2 Å². The Kier molecular flexibility index (Phi) is 5.30. The summed E-state index contributed by atoms with van der Waals surface area (Å²) in [6.07, 6.45) is 4.13. The van der Waals surface area contributed by atoms with Crippen molar-refractivity contribution in [3.63, 3.8) is 0 Å². The lowest BCUT2D eigenvalue weighted by Crippen LogP contribution is -2.38. The molecule has 1 heterocycles. The highest BCUT2D eigenvalue weighted by molar-refractivity contribution is 6.35. The Balaban J connectivity index is 1.64. The minimum atomic E-state index is -0.761. The fourth-order valence-electron chi connectivity index (χ4n) is 2.99. The number of carbonyl (C=O) groups excluding carboxylic acids is 1. The molecular formula is C17H17Cl2N3O3. The molecule has 8 heteroatoms. The van der Waals surface area contributed by atoms with Crippen molar-refractivity contribution in [2.24, 2.45) is 5.92 Å². The molecule has 0 aliphatic heterocycles. The summed E-state index contributed by atoms with van der Waals surface area (Å²) < 4.78 is 1.52. The molecule has 2 N–H and O–H groups in total. The molecule has 1 amide bonds. The van der Waals surface area contributed by atoms with E-state index in [9.17, 15) is 9.59 Å². The SMILES string of the molecule is O=C(NC1CCC(C(=O)O)CC1)c1ccn(-c2ccc(Cl)cc2Cl)n1. The first kappa shape index (κ1) is 17.8. The van der Waals surface area contributed by atoms with Crippen molar-refractivity contribution in [2.45, 2.75) is 31.7 Å². The van der Waals surface area contributed by atoms with E-state index in [1.165, 1.54) is 4.68 Å².